The Morgan fingerprint density at radius 2 is 1.79 bits per heavy atom. The van der Waals surface area contributed by atoms with Crippen molar-refractivity contribution in [2.24, 2.45) is 0 Å². The highest BCUT2D eigenvalue weighted by Gasteiger charge is 2.15. The predicted molar refractivity (Wildman–Crippen MR) is 92.1 cm³/mol. The Hall–Kier alpha value is -1.82. The van der Waals surface area contributed by atoms with E-state index >= 15 is 0 Å². The molecule has 0 amide bonds. The van der Waals surface area contributed by atoms with Crippen LogP contribution in [0, 0.1) is 5.82 Å². The lowest BCUT2D eigenvalue weighted by Gasteiger charge is -2.23. The fourth-order valence-corrected chi connectivity index (χ4v) is 2.63. The van der Waals surface area contributed by atoms with Crippen molar-refractivity contribution < 1.29 is 19.0 Å². The van der Waals surface area contributed by atoms with Gasteiger partial charge in [0.05, 0.1) is 18.7 Å². The Kier molecular flexibility index (Phi) is 6.85. The average molecular weight is 354 g/mol. The average Bonchev–Trinajstić information content (AvgIpc) is 2.59. The van der Waals surface area contributed by atoms with Gasteiger partial charge in [-0.1, -0.05) is 35.9 Å². The maximum Gasteiger partial charge on any atom is 0.177 e. The molecule has 24 heavy (non-hydrogen) atoms. The summed E-state index contributed by atoms with van der Waals surface area (Å²) in [5.74, 6) is -0.0147. The SMILES string of the molecule is COCCN(Cc1ccccc1F)Cc1ccc(OC)c(O)c1Cl. The summed E-state index contributed by atoms with van der Waals surface area (Å²) in [6.07, 6.45) is 0. The number of aromatic hydroxyl groups is 1. The van der Waals surface area contributed by atoms with Gasteiger partial charge >= 0.3 is 0 Å². The van der Waals surface area contributed by atoms with E-state index in [1.807, 2.05) is 4.90 Å². The van der Waals surface area contributed by atoms with E-state index in [9.17, 15) is 9.50 Å². The van der Waals surface area contributed by atoms with E-state index in [4.69, 9.17) is 21.1 Å². The largest absolute Gasteiger partial charge is 0.503 e. The molecular formula is C18H21ClFNO3. The van der Waals surface area contributed by atoms with Gasteiger partial charge < -0.3 is 14.6 Å². The lowest BCUT2D eigenvalue weighted by molar-refractivity contribution is 0.139. The molecule has 130 valence electrons. The number of ether oxygens (including phenoxy) is 2. The second-order valence-corrected chi connectivity index (χ2v) is 5.76. The molecular weight excluding hydrogens is 333 g/mol. The number of halogens is 2. The van der Waals surface area contributed by atoms with Crippen molar-refractivity contribution >= 4 is 11.6 Å². The second kappa shape index (κ2) is 8.87. The molecule has 0 unspecified atom stereocenters. The lowest BCUT2D eigenvalue weighted by Crippen LogP contribution is -2.27. The van der Waals surface area contributed by atoms with Gasteiger partial charge in [0.1, 0.15) is 5.82 Å². The first-order valence-electron chi connectivity index (χ1n) is 7.55. The first-order valence-corrected chi connectivity index (χ1v) is 7.93. The van der Waals surface area contributed by atoms with Gasteiger partial charge in [0, 0.05) is 32.3 Å². The zero-order chi connectivity index (χ0) is 17.5. The summed E-state index contributed by atoms with van der Waals surface area (Å²) in [4.78, 5) is 2.01. The summed E-state index contributed by atoms with van der Waals surface area (Å²) >= 11 is 6.23. The van der Waals surface area contributed by atoms with Gasteiger partial charge in [0.15, 0.2) is 11.5 Å². The van der Waals surface area contributed by atoms with Crippen LogP contribution in [0.3, 0.4) is 0 Å². The van der Waals surface area contributed by atoms with E-state index < -0.39 is 0 Å². The number of phenolic OH excluding ortho intramolecular Hbond substituents is 1. The van der Waals surface area contributed by atoms with Gasteiger partial charge in [-0.2, -0.15) is 0 Å². The van der Waals surface area contributed by atoms with Gasteiger partial charge in [0.2, 0.25) is 0 Å². The van der Waals surface area contributed by atoms with Crippen LogP contribution < -0.4 is 4.74 Å². The van der Waals surface area contributed by atoms with E-state index in [0.29, 0.717) is 37.6 Å². The molecule has 4 nitrogen and oxygen atoms in total. The molecule has 0 spiro atoms. The number of phenols is 1. The van der Waals surface area contributed by atoms with E-state index in [2.05, 4.69) is 0 Å². The van der Waals surface area contributed by atoms with Crippen LogP contribution in [0.5, 0.6) is 11.5 Å². The van der Waals surface area contributed by atoms with Crippen LogP contribution in [0.2, 0.25) is 5.02 Å². The molecule has 1 N–H and O–H groups in total. The molecule has 2 aromatic carbocycles. The van der Waals surface area contributed by atoms with Crippen LogP contribution in [0.25, 0.3) is 0 Å². The summed E-state index contributed by atoms with van der Waals surface area (Å²) in [6, 6.07) is 10.1. The van der Waals surface area contributed by atoms with Gasteiger partial charge in [-0.25, -0.2) is 4.39 Å². The first kappa shape index (κ1) is 18.5. The fourth-order valence-electron chi connectivity index (χ4n) is 2.42. The molecule has 0 saturated carbocycles. The molecule has 0 bridgehead atoms. The summed E-state index contributed by atoms with van der Waals surface area (Å²) in [6.45, 7) is 1.98. The maximum atomic E-state index is 13.9. The minimum absolute atomic E-state index is 0.0887. The minimum atomic E-state index is -0.247. The minimum Gasteiger partial charge on any atom is -0.503 e. The van der Waals surface area contributed by atoms with E-state index in [1.54, 1.807) is 37.4 Å². The smallest absolute Gasteiger partial charge is 0.177 e. The van der Waals surface area contributed by atoms with Crippen molar-refractivity contribution in [3.8, 4) is 11.5 Å². The normalized spacial score (nSPS) is 11.0. The number of methoxy groups -OCH3 is 2. The summed E-state index contributed by atoms with van der Waals surface area (Å²) < 4.78 is 24.1. The van der Waals surface area contributed by atoms with Crippen LogP contribution >= 0.6 is 11.6 Å². The summed E-state index contributed by atoms with van der Waals surface area (Å²) in [7, 11) is 3.08. The van der Waals surface area contributed by atoms with Gasteiger partial charge in [-0.05, 0) is 17.7 Å². The Morgan fingerprint density at radius 1 is 1.08 bits per heavy atom. The molecule has 0 heterocycles. The monoisotopic (exact) mass is 353 g/mol. The van der Waals surface area contributed by atoms with E-state index in [1.165, 1.54) is 13.2 Å². The van der Waals surface area contributed by atoms with Crippen LogP contribution in [0.15, 0.2) is 36.4 Å². The standard InChI is InChI=1S/C18H21ClFNO3/c1-23-10-9-21(11-13-5-3-4-6-15(13)20)12-14-7-8-16(24-2)18(22)17(14)19/h3-8,22H,9-12H2,1-2H3. The van der Waals surface area contributed by atoms with Crippen molar-refractivity contribution in [1.82, 2.24) is 4.90 Å². The number of nitrogens with zero attached hydrogens (tertiary/aromatic N) is 1. The lowest BCUT2D eigenvalue weighted by atomic mass is 10.1. The molecule has 2 rings (SSSR count). The Bertz CT molecular complexity index is 681. The maximum absolute atomic E-state index is 13.9. The van der Waals surface area contributed by atoms with Crippen LogP contribution in [-0.2, 0) is 17.8 Å². The number of benzene rings is 2. The molecule has 0 aromatic heterocycles. The van der Waals surface area contributed by atoms with Crippen LogP contribution in [0.1, 0.15) is 11.1 Å². The molecule has 0 fully saturated rings. The molecule has 6 heteroatoms. The van der Waals surface area contributed by atoms with Crippen LogP contribution in [-0.4, -0.2) is 37.4 Å². The predicted octanol–water partition coefficient (Wildman–Crippen LogP) is 3.84. The number of hydrogen-bond donors (Lipinski definition) is 1. The van der Waals surface area contributed by atoms with Gasteiger partial charge in [-0.3, -0.25) is 4.90 Å². The topological polar surface area (TPSA) is 41.9 Å². The third-order valence-electron chi connectivity index (χ3n) is 3.74. The Morgan fingerprint density at radius 3 is 2.46 bits per heavy atom. The van der Waals surface area contributed by atoms with Crippen molar-refractivity contribution in [2.45, 2.75) is 13.1 Å². The molecule has 0 radical (unpaired) electrons. The first-order chi connectivity index (χ1) is 11.6. The van der Waals surface area contributed by atoms with Gasteiger partial charge in [0.25, 0.3) is 0 Å². The summed E-state index contributed by atoms with van der Waals surface area (Å²) in [5.41, 5.74) is 1.34. The second-order valence-electron chi connectivity index (χ2n) is 5.38. The third kappa shape index (κ3) is 4.60. The van der Waals surface area contributed by atoms with Crippen molar-refractivity contribution in [1.29, 1.82) is 0 Å². The quantitative estimate of drug-likeness (QED) is 0.783. The van der Waals surface area contributed by atoms with E-state index in [0.717, 1.165) is 5.56 Å². The number of rotatable bonds is 8. The highest BCUT2D eigenvalue weighted by Crippen LogP contribution is 2.36. The Balaban J connectivity index is 2.20. The molecule has 2 aromatic rings. The zero-order valence-electron chi connectivity index (χ0n) is 13.8. The van der Waals surface area contributed by atoms with Crippen LogP contribution in [0.4, 0.5) is 4.39 Å². The zero-order valence-corrected chi connectivity index (χ0v) is 14.5. The Labute approximate surface area is 146 Å². The molecule has 0 aliphatic carbocycles. The molecule has 0 aliphatic rings. The number of hydrogen-bond acceptors (Lipinski definition) is 4. The molecule has 0 saturated heterocycles. The fraction of sp³-hybridized carbons (Fsp3) is 0.333. The highest BCUT2D eigenvalue weighted by molar-refractivity contribution is 6.33. The molecule has 0 atom stereocenters. The van der Waals surface area contributed by atoms with Crippen molar-refractivity contribution in [2.75, 3.05) is 27.4 Å². The van der Waals surface area contributed by atoms with Crippen molar-refractivity contribution in [3.05, 3.63) is 58.4 Å². The molecule has 0 aliphatic heterocycles. The van der Waals surface area contributed by atoms with E-state index in [-0.39, 0.29) is 16.6 Å². The highest BCUT2D eigenvalue weighted by atomic mass is 35.5. The van der Waals surface area contributed by atoms with Gasteiger partial charge in [-0.15, -0.1) is 0 Å². The van der Waals surface area contributed by atoms with Crippen molar-refractivity contribution in [3.63, 3.8) is 0 Å². The summed E-state index contributed by atoms with van der Waals surface area (Å²) in [5, 5.41) is 10.3. The third-order valence-corrected chi connectivity index (χ3v) is 4.16.